The minimum Gasteiger partial charge on any atom is -0.493 e. The fourth-order valence-corrected chi connectivity index (χ4v) is 1.88. The normalized spacial score (nSPS) is 17.9. The van der Waals surface area contributed by atoms with Crippen molar-refractivity contribution in [3.63, 3.8) is 0 Å². The van der Waals surface area contributed by atoms with Crippen LogP contribution in [0.3, 0.4) is 0 Å². The zero-order valence-corrected chi connectivity index (χ0v) is 9.39. The largest absolute Gasteiger partial charge is 0.493 e. The summed E-state index contributed by atoms with van der Waals surface area (Å²) in [4.78, 5) is 0. The van der Waals surface area contributed by atoms with Crippen LogP contribution in [0.4, 0.5) is 0 Å². The molecule has 0 radical (unpaired) electrons. The van der Waals surface area contributed by atoms with E-state index in [1.54, 1.807) is 0 Å². The maximum absolute atomic E-state index is 5.81. The molecular formula is C12H16OS. The summed E-state index contributed by atoms with van der Waals surface area (Å²) in [5, 5.41) is 0. The summed E-state index contributed by atoms with van der Waals surface area (Å²) in [5.41, 5.74) is 1.59. The van der Waals surface area contributed by atoms with Crippen LogP contribution in [0.2, 0.25) is 0 Å². The molecule has 0 unspecified atom stereocenters. The van der Waals surface area contributed by atoms with Gasteiger partial charge >= 0.3 is 0 Å². The Labute approximate surface area is 90.9 Å². The summed E-state index contributed by atoms with van der Waals surface area (Å²) >= 11 is 4.36. The Kier molecular flexibility index (Phi) is 2.73. The molecule has 0 N–H and O–H groups in total. The van der Waals surface area contributed by atoms with E-state index in [-0.39, 0.29) is 0 Å². The van der Waals surface area contributed by atoms with Gasteiger partial charge in [0, 0.05) is 5.41 Å². The zero-order valence-electron chi connectivity index (χ0n) is 8.49. The first kappa shape index (κ1) is 9.91. The van der Waals surface area contributed by atoms with Gasteiger partial charge in [0.15, 0.2) is 0 Å². The first-order valence-electron chi connectivity index (χ1n) is 5.05. The number of aryl methyl sites for hydroxylation is 1. The van der Waals surface area contributed by atoms with Gasteiger partial charge < -0.3 is 4.74 Å². The highest BCUT2D eigenvalue weighted by molar-refractivity contribution is 7.80. The van der Waals surface area contributed by atoms with Gasteiger partial charge in [-0.25, -0.2) is 0 Å². The maximum Gasteiger partial charge on any atom is 0.122 e. The van der Waals surface area contributed by atoms with Gasteiger partial charge in [-0.1, -0.05) is 18.2 Å². The van der Waals surface area contributed by atoms with Crippen molar-refractivity contribution in [3.05, 3.63) is 29.8 Å². The Morgan fingerprint density at radius 1 is 1.36 bits per heavy atom. The van der Waals surface area contributed by atoms with Gasteiger partial charge in [0.05, 0.1) is 6.61 Å². The number of benzene rings is 1. The molecule has 2 rings (SSSR count). The summed E-state index contributed by atoms with van der Waals surface area (Å²) in [6.07, 6.45) is 2.53. The molecule has 0 amide bonds. The van der Waals surface area contributed by atoms with Gasteiger partial charge in [0.2, 0.25) is 0 Å². The molecule has 0 bridgehead atoms. The van der Waals surface area contributed by atoms with E-state index in [4.69, 9.17) is 4.74 Å². The van der Waals surface area contributed by atoms with Gasteiger partial charge in [0.25, 0.3) is 0 Å². The van der Waals surface area contributed by atoms with E-state index in [0.717, 1.165) is 18.1 Å². The third-order valence-corrected chi connectivity index (χ3v) is 3.59. The molecule has 0 saturated heterocycles. The molecule has 0 spiro atoms. The van der Waals surface area contributed by atoms with Gasteiger partial charge in [0.1, 0.15) is 5.75 Å². The molecule has 1 aliphatic rings. The number of rotatable bonds is 4. The lowest BCUT2D eigenvalue weighted by Gasteiger charge is -2.14. The van der Waals surface area contributed by atoms with Crippen LogP contribution in [0.1, 0.15) is 18.4 Å². The van der Waals surface area contributed by atoms with E-state index in [1.165, 1.54) is 18.4 Å². The molecule has 1 aliphatic carbocycles. The summed E-state index contributed by atoms with van der Waals surface area (Å²) in [6, 6.07) is 8.16. The molecule has 1 saturated carbocycles. The Morgan fingerprint density at radius 2 is 2.07 bits per heavy atom. The van der Waals surface area contributed by atoms with Gasteiger partial charge in [-0.3, -0.25) is 0 Å². The second-order valence-corrected chi connectivity index (χ2v) is 4.53. The van der Waals surface area contributed by atoms with Crippen LogP contribution < -0.4 is 4.74 Å². The zero-order chi connectivity index (χ0) is 10.0. The summed E-state index contributed by atoms with van der Waals surface area (Å²) in [6.45, 7) is 2.90. The highest BCUT2D eigenvalue weighted by atomic mass is 32.1. The van der Waals surface area contributed by atoms with Crippen molar-refractivity contribution in [1.82, 2.24) is 0 Å². The van der Waals surface area contributed by atoms with E-state index < -0.39 is 0 Å². The first-order valence-corrected chi connectivity index (χ1v) is 5.68. The minimum absolute atomic E-state index is 0.380. The topological polar surface area (TPSA) is 9.23 Å². The average molecular weight is 208 g/mol. The molecule has 0 heterocycles. The monoisotopic (exact) mass is 208 g/mol. The minimum atomic E-state index is 0.380. The Morgan fingerprint density at radius 3 is 2.64 bits per heavy atom. The predicted molar refractivity (Wildman–Crippen MR) is 62.2 cm³/mol. The summed E-state index contributed by atoms with van der Waals surface area (Å²) in [7, 11) is 0. The van der Waals surface area contributed by atoms with Crippen LogP contribution in [-0.2, 0) is 0 Å². The van der Waals surface area contributed by atoms with Crippen molar-refractivity contribution in [1.29, 1.82) is 0 Å². The molecule has 1 aromatic rings. The van der Waals surface area contributed by atoms with Crippen molar-refractivity contribution < 1.29 is 4.74 Å². The van der Waals surface area contributed by atoms with Crippen LogP contribution in [0.25, 0.3) is 0 Å². The van der Waals surface area contributed by atoms with E-state index in [1.807, 2.05) is 18.2 Å². The Bertz CT molecular complexity index is 318. The van der Waals surface area contributed by atoms with Crippen molar-refractivity contribution in [2.24, 2.45) is 5.41 Å². The lowest BCUT2D eigenvalue weighted by molar-refractivity contribution is 0.249. The second-order valence-electron chi connectivity index (χ2n) is 4.21. The van der Waals surface area contributed by atoms with Crippen LogP contribution in [0, 0.1) is 12.3 Å². The highest BCUT2D eigenvalue weighted by Crippen LogP contribution is 2.46. The number of ether oxygens (including phenoxy) is 1. The fourth-order valence-electron chi connectivity index (χ4n) is 1.47. The standard InChI is InChI=1S/C12H16OS/c1-10-4-2-3-5-11(10)13-8-12(9-14)6-7-12/h2-5,14H,6-9H2,1H3. The lowest BCUT2D eigenvalue weighted by Crippen LogP contribution is -2.14. The first-order chi connectivity index (χ1) is 6.76. The quantitative estimate of drug-likeness (QED) is 0.748. The molecule has 14 heavy (non-hydrogen) atoms. The van der Waals surface area contributed by atoms with Crippen molar-refractivity contribution in [2.45, 2.75) is 19.8 Å². The SMILES string of the molecule is Cc1ccccc1OCC1(CS)CC1. The van der Waals surface area contributed by atoms with Crippen molar-refractivity contribution in [2.75, 3.05) is 12.4 Å². The second kappa shape index (κ2) is 3.85. The highest BCUT2D eigenvalue weighted by Gasteiger charge is 2.42. The third-order valence-electron chi connectivity index (χ3n) is 2.92. The molecule has 1 nitrogen and oxygen atoms in total. The number of hydrogen-bond acceptors (Lipinski definition) is 2. The van der Waals surface area contributed by atoms with Gasteiger partial charge in [-0.05, 0) is 37.1 Å². The van der Waals surface area contributed by atoms with Gasteiger partial charge in [-0.2, -0.15) is 12.6 Å². The molecule has 1 fully saturated rings. The number of hydrogen-bond donors (Lipinski definition) is 1. The van der Waals surface area contributed by atoms with Crippen LogP contribution in [0.5, 0.6) is 5.75 Å². The summed E-state index contributed by atoms with van der Waals surface area (Å²) in [5.74, 6) is 1.96. The molecule has 0 aromatic heterocycles. The molecule has 76 valence electrons. The van der Waals surface area contributed by atoms with Crippen molar-refractivity contribution in [3.8, 4) is 5.75 Å². The van der Waals surface area contributed by atoms with E-state index in [0.29, 0.717) is 5.41 Å². The number of thiol groups is 1. The molecule has 2 heteroatoms. The van der Waals surface area contributed by atoms with Crippen LogP contribution in [0.15, 0.2) is 24.3 Å². The number of para-hydroxylation sites is 1. The van der Waals surface area contributed by atoms with Crippen LogP contribution in [-0.4, -0.2) is 12.4 Å². The van der Waals surface area contributed by atoms with E-state index in [9.17, 15) is 0 Å². The maximum atomic E-state index is 5.81. The van der Waals surface area contributed by atoms with Gasteiger partial charge in [-0.15, -0.1) is 0 Å². The van der Waals surface area contributed by atoms with E-state index >= 15 is 0 Å². The van der Waals surface area contributed by atoms with Crippen molar-refractivity contribution >= 4 is 12.6 Å². The average Bonchev–Trinajstić information content (AvgIpc) is 2.98. The Balaban J connectivity index is 1.95. The van der Waals surface area contributed by atoms with Crippen LogP contribution >= 0.6 is 12.6 Å². The lowest BCUT2D eigenvalue weighted by atomic mass is 10.1. The smallest absolute Gasteiger partial charge is 0.122 e. The van der Waals surface area contributed by atoms with E-state index in [2.05, 4.69) is 25.6 Å². The predicted octanol–water partition coefficient (Wildman–Crippen LogP) is 3.08. The Hall–Kier alpha value is -0.630. The third kappa shape index (κ3) is 2.06. The fraction of sp³-hybridized carbons (Fsp3) is 0.500. The molecular weight excluding hydrogens is 192 g/mol. The molecule has 0 aliphatic heterocycles. The summed E-state index contributed by atoms with van der Waals surface area (Å²) < 4.78 is 5.81. The molecule has 0 atom stereocenters. The molecule has 1 aromatic carbocycles.